The minimum atomic E-state index is -0.863. The quantitative estimate of drug-likeness (QED) is 0.779. The molecule has 2 amide bonds. The fourth-order valence-electron chi connectivity index (χ4n) is 3.52. The Morgan fingerprint density at radius 1 is 1.43 bits per heavy atom. The molecule has 120 valence electrons. The van der Waals surface area contributed by atoms with E-state index in [1.165, 1.54) is 12.8 Å². The van der Waals surface area contributed by atoms with Crippen LogP contribution in [0.1, 0.15) is 58.8 Å². The Hall–Kier alpha value is -1.10. The van der Waals surface area contributed by atoms with E-state index in [0.29, 0.717) is 25.4 Å². The Kier molecular flexibility index (Phi) is 5.25. The van der Waals surface area contributed by atoms with Crippen molar-refractivity contribution < 1.29 is 14.7 Å². The van der Waals surface area contributed by atoms with Crippen LogP contribution in [0.25, 0.3) is 0 Å². The van der Waals surface area contributed by atoms with E-state index in [1.807, 2.05) is 11.8 Å². The number of nitrogens with zero attached hydrogens (tertiary/aromatic N) is 1. The highest BCUT2D eigenvalue weighted by atomic mass is 16.3. The van der Waals surface area contributed by atoms with E-state index in [-0.39, 0.29) is 24.3 Å². The molecule has 21 heavy (non-hydrogen) atoms. The van der Waals surface area contributed by atoms with Gasteiger partial charge in [-0.25, -0.2) is 0 Å². The molecule has 2 N–H and O–H groups in total. The lowest BCUT2D eigenvalue weighted by Crippen LogP contribution is -2.43. The lowest BCUT2D eigenvalue weighted by atomic mass is 10.00. The summed E-state index contributed by atoms with van der Waals surface area (Å²) in [5, 5.41) is 12.9. The van der Waals surface area contributed by atoms with Crippen LogP contribution in [-0.4, -0.2) is 46.6 Å². The molecule has 1 aliphatic heterocycles. The molecule has 0 aromatic heterocycles. The molecule has 2 fully saturated rings. The largest absolute Gasteiger partial charge is 0.388 e. The molecular formula is C16H28N2O3. The van der Waals surface area contributed by atoms with E-state index in [9.17, 15) is 14.7 Å². The molecule has 1 saturated carbocycles. The van der Waals surface area contributed by atoms with E-state index >= 15 is 0 Å². The number of nitrogens with one attached hydrogen (secondary N) is 1. The number of hydrogen-bond donors (Lipinski definition) is 2. The van der Waals surface area contributed by atoms with Crippen LogP contribution in [0, 0.1) is 5.92 Å². The first-order chi connectivity index (χ1) is 9.93. The maximum atomic E-state index is 12.2. The third kappa shape index (κ3) is 4.19. The molecule has 0 aromatic carbocycles. The van der Waals surface area contributed by atoms with E-state index < -0.39 is 5.60 Å². The van der Waals surface area contributed by atoms with Crippen molar-refractivity contribution in [2.45, 2.75) is 70.4 Å². The minimum absolute atomic E-state index is 0.0970. The minimum Gasteiger partial charge on any atom is -0.388 e. The topological polar surface area (TPSA) is 69.6 Å². The Labute approximate surface area is 127 Å². The van der Waals surface area contributed by atoms with Crippen molar-refractivity contribution in [2.24, 2.45) is 5.92 Å². The van der Waals surface area contributed by atoms with Crippen LogP contribution in [-0.2, 0) is 9.59 Å². The summed E-state index contributed by atoms with van der Waals surface area (Å²) < 4.78 is 0. The van der Waals surface area contributed by atoms with Gasteiger partial charge < -0.3 is 15.3 Å². The molecule has 2 rings (SSSR count). The Morgan fingerprint density at radius 2 is 2.10 bits per heavy atom. The van der Waals surface area contributed by atoms with Crippen LogP contribution in [0.5, 0.6) is 0 Å². The Balaban J connectivity index is 1.82. The second kappa shape index (κ2) is 6.77. The standard InChI is InChI=1S/C16H28N2O3/c1-3-8-16(2,21)11-17-15(20)12-9-14(19)18(10-12)13-6-4-5-7-13/h12-13,21H,3-11H2,1-2H3,(H,17,20). The molecule has 2 atom stereocenters. The SMILES string of the molecule is CCCC(C)(O)CNC(=O)C1CC(=O)N(C2CCCC2)C1. The number of aliphatic hydroxyl groups is 1. The molecule has 0 spiro atoms. The predicted octanol–water partition coefficient (Wildman–Crippen LogP) is 1.44. The summed E-state index contributed by atoms with van der Waals surface area (Å²) in [5.41, 5.74) is -0.863. The van der Waals surface area contributed by atoms with E-state index in [4.69, 9.17) is 0 Å². The van der Waals surface area contributed by atoms with Crippen LogP contribution >= 0.6 is 0 Å². The summed E-state index contributed by atoms with van der Waals surface area (Å²) >= 11 is 0. The Morgan fingerprint density at radius 3 is 2.71 bits per heavy atom. The highest BCUT2D eigenvalue weighted by Crippen LogP contribution is 2.29. The lowest BCUT2D eigenvalue weighted by molar-refractivity contribution is -0.130. The first kappa shape index (κ1) is 16.3. The van der Waals surface area contributed by atoms with Crippen molar-refractivity contribution in [3.05, 3.63) is 0 Å². The van der Waals surface area contributed by atoms with Crippen LogP contribution < -0.4 is 5.32 Å². The molecule has 0 bridgehead atoms. The fourth-order valence-corrected chi connectivity index (χ4v) is 3.52. The molecule has 5 heteroatoms. The van der Waals surface area contributed by atoms with Gasteiger partial charge in [-0.15, -0.1) is 0 Å². The van der Waals surface area contributed by atoms with Crippen LogP contribution in [0.2, 0.25) is 0 Å². The molecule has 2 aliphatic rings. The van der Waals surface area contributed by atoms with E-state index in [1.54, 1.807) is 6.92 Å². The van der Waals surface area contributed by atoms with Gasteiger partial charge in [0.05, 0.1) is 11.5 Å². The van der Waals surface area contributed by atoms with Gasteiger partial charge in [0.2, 0.25) is 11.8 Å². The molecule has 2 unspecified atom stereocenters. The van der Waals surface area contributed by atoms with Gasteiger partial charge in [-0.3, -0.25) is 9.59 Å². The number of hydrogen-bond acceptors (Lipinski definition) is 3. The van der Waals surface area contributed by atoms with Crippen molar-refractivity contribution in [3.63, 3.8) is 0 Å². The summed E-state index contributed by atoms with van der Waals surface area (Å²) in [7, 11) is 0. The number of carbonyl (C=O) groups is 2. The van der Waals surface area contributed by atoms with Crippen molar-refractivity contribution in [3.8, 4) is 0 Å². The molecule has 1 saturated heterocycles. The van der Waals surface area contributed by atoms with Gasteiger partial charge in [-0.05, 0) is 26.2 Å². The van der Waals surface area contributed by atoms with Crippen LogP contribution in [0.3, 0.4) is 0 Å². The van der Waals surface area contributed by atoms with Crippen molar-refractivity contribution in [1.29, 1.82) is 0 Å². The zero-order valence-electron chi connectivity index (χ0n) is 13.2. The number of rotatable bonds is 6. The summed E-state index contributed by atoms with van der Waals surface area (Å²) in [6, 6.07) is 0.346. The summed E-state index contributed by atoms with van der Waals surface area (Å²) in [6.45, 7) is 4.55. The van der Waals surface area contributed by atoms with Crippen molar-refractivity contribution in [1.82, 2.24) is 10.2 Å². The fraction of sp³-hybridized carbons (Fsp3) is 0.875. The Bertz CT molecular complexity index is 389. The van der Waals surface area contributed by atoms with Gasteiger partial charge in [0.1, 0.15) is 0 Å². The number of carbonyl (C=O) groups excluding carboxylic acids is 2. The van der Waals surface area contributed by atoms with Crippen molar-refractivity contribution in [2.75, 3.05) is 13.1 Å². The number of amides is 2. The smallest absolute Gasteiger partial charge is 0.225 e. The average molecular weight is 296 g/mol. The zero-order valence-corrected chi connectivity index (χ0v) is 13.2. The summed E-state index contributed by atoms with van der Waals surface area (Å²) in [6.07, 6.45) is 6.37. The third-order valence-electron chi connectivity index (χ3n) is 4.73. The second-order valence-corrected chi connectivity index (χ2v) is 6.85. The maximum absolute atomic E-state index is 12.2. The van der Waals surface area contributed by atoms with Crippen LogP contribution in [0.4, 0.5) is 0 Å². The molecule has 0 aromatic rings. The monoisotopic (exact) mass is 296 g/mol. The molecular weight excluding hydrogens is 268 g/mol. The molecule has 1 aliphatic carbocycles. The normalized spacial score (nSPS) is 26.1. The van der Waals surface area contributed by atoms with Crippen molar-refractivity contribution >= 4 is 11.8 Å². The predicted molar refractivity (Wildman–Crippen MR) is 80.6 cm³/mol. The molecule has 1 heterocycles. The summed E-state index contributed by atoms with van der Waals surface area (Å²) in [4.78, 5) is 26.2. The second-order valence-electron chi connectivity index (χ2n) is 6.85. The van der Waals surface area contributed by atoms with Gasteiger partial charge >= 0.3 is 0 Å². The van der Waals surface area contributed by atoms with Crippen LogP contribution in [0.15, 0.2) is 0 Å². The zero-order chi connectivity index (χ0) is 15.5. The highest BCUT2D eigenvalue weighted by molar-refractivity contribution is 5.89. The summed E-state index contributed by atoms with van der Waals surface area (Å²) in [5.74, 6) is -0.238. The van der Waals surface area contributed by atoms with Gasteiger partial charge in [0.25, 0.3) is 0 Å². The first-order valence-electron chi connectivity index (χ1n) is 8.22. The highest BCUT2D eigenvalue weighted by Gasteiger charge is 2.38. The van der Waals surface area contributed by atoms with E-state index in [2.05, 4.69) is 5.32 Å². The number of likely N-dealkylation sites (tertiary alicyclic amines) is 1. The molecule has 5 nitrogen and oxygen atoms in total. The maximum Gasteiger partial charge on any atom is 0.225 e. The first-order valence-corrected chi connectivity index (χ1v) is 8.22. The van der Waals surface area contributed by atoms with Gasteiger partial charge in [-0.2, -0.15) is 0 Å². The van der Waals surface area contributed by atoms with Gasteiger partial charge in [0.15, 0.2) is 0 Å². The molecule has 0 radical (unpaired) electrons. The van der Waals surface area contributed by atoms with Gasteiger partial charge in [-0.1, -0.05) is 26.2 Å². The average Bonchev–Trinajstić information content (AvgIpc) is 3.04. The van der Waals surface area contributed by atoms with Gasteiger partial charge in [0, 0.05) is 25.6 Å². The third-order valence-corrected chi connectivity index (χ3v) is 4.73. The lowest BCUT2D eigenvalue weighted by Gasteiger charge is -2.25. The van der Waals surface area contributed by atoms with E-state index in [0.717, 1.165) is 19.3 Å².